The summed E-state index contributed by atoms with van der Waals surface area (Å²) in [5, 5.41) is 0. The lowest BCUT2D eigenvalue weighted by Gasteiger charge is -2.06. The molecule has 0 heterocycles. The zero-order chi connectivity index (χ0) is 9.14. The molecule has 0 unspecified atom stereocenters. The maximum absolute atomic E-state index is 13.0. The largest absolute Gasteiger partial charge is 0.321 e. The summed E-state index contributed by atoms with van der Waals surface area (Å²) in [7, 11) is 0. The van der Waals surface area contributed by atoms with Crippen molar-refractivity contribution in [1.82, 2.24) is 0 Å². The van der Waals surface area contributed by atoms with Gasteiger partial charge in [0.15, 0.2) is 0 Å². The normalized spacial score (nSPS) is 11.6. The Hall–Kier alpha value is -0.860. The summed E-state index contributed by atoms with van der Waals surface area (Å²) in [6.45, 7) is 5.26. The first-order chi connectivity index (χ1) is 5.65. The van der Waals surface area contributed by atoms with Gasteiger partial charge in [0.1, 0.15) is 5.82 Å². The minimum absolute atomic E-state index is 0. The highest BCUT2D eigenvalue weighted by atomic mass is 35.5. The van der Waals surface area contributed by atoms with Gasteiger partial charge in [-0.3, -0.25) is 0 Å². The van der Waals surface area contributed by atoms with E-state index in [1.54, 1.807) is 19.1 Å². The fourth-order valence-electron chi connectivity index (χ4n) is 0.953. The third-order valence-corrected chi connectivity index (χ3v) is 1.83. The smallest absolute Gasteiger partial charge is 0.126 e. The molecule has 1 nitrogen and oxygen atoms in total. The van der Waals surface area contributed by atoms with Crippen LogP contribution in [0, 0.1) is 12.7 Å². The van der Waals surface area contributed by atoms with Crippen LogP contribution >= 0.6 is 12.4 Å². The summed E-state index contributed by atoms with van der Waals surface area (Å²) in [6.07, 6.45) is 1.59. The molecule has 1 atom stereocenters. The molecule has 0 spiro atoms. The minimum Gasteiger partial charge on any atom is -0.321 e. The highest BCUT2D eigenvalue weighted by molar-refractivity contribution is 5.85. The quantitative estimate of drug-likeness (QED) is 0.732. The zero-order valence-electron chi connectivity index (χ0n) is 7.46. The third kappa shape index (κ3) is 2.83. The van der Waals surface area contributed by atoms with Gasteiger partial charge in [0.25, 0.3) is 0 Å². The van der Waals surface area contributed by atoms with E-state index >= 15 is 0 Å². The maximum atomic E-state index is 13.0. The van der Waals surface area contributed by atoms with Crippen molar-refractivity contribution in [3.63, 3.8) is 0 Å². The summed E-state index contributed by atoms with van der Waals surface area (Å²) in [6, 6.07) is 4.69. The first kappa shape index (κ1) is 12.1. The molecule has 0 saturated heterocycles. The summed E-state index contributed by atoms with van der Waals surface area (Å²) in [4.78, 5) is 0. The average Bonchev–Trinajstić information content (AvgIpc) is 2.08. The van der Waals surface area contributed by atoms with Gasteiger partial charge in [-0.2, -0.15) is 0 Å². The van der Waals surface area contributed by atoms with Gasteiger partial charge in [0.2, 0.25) is 0 Å². The molecule has 0 saturated carbocycles. The summed E-state index contributed by atoms with van der Waals surface area (Å²) < 4.78 is 13.0. The molecule has 0 fully saturated rings. The summed E-state index contributed by atoms with van der Waals surface area (Å²) >= 11 is 0. The van der Waals surface area contributed by atoms with Crippen molar-refractivity contribution in [1.29, 1.82) is 0 Å². The molecule has 0 aromatic heterocycles. The predicted molar refractivity (Wildman–Crippen MR) is 55.5 cm³/mol. The topological polar surface area (TPSA) is 26.0 Å². The van der Waals surface area contributed by atoms with Crippen molar-refractivity contribution in [2.75, 3.05) is 0 Å². The van der Waals surface area contributed by atoms with Crippen LogP contribution in [0.3, 0.4) is 0 Å². The van der Waals surface area contributed by atoms with Crippen LogP contribution in [-0.2, 0) is 0 Å². The molecular formula is C10H13ClFN. The molecule has 1 aromatic rings. The van der Waals surface area contributed by atoms with E-state index in [2.05, 4.69) is 6.58 Å². The number of halogens is 2. The molecule has 1 rings (SSSR count). The lowest BCUT2D eigenvalue weighted by atomic mass is 10.1. The Labute approximate surface area is 83.9 Å². The first-order valence-electron chi connectivity index (χ1n) is 3.79. The van der Waals surface area contributed by atoms with Gasteiger partial charge in [-0.1, -0.05) is 18.2 Å². The number of rotatable bonds is 2. The van der Waals surface area contributed by atoms with E-state index in [1.807, 2.05) is 6.07 Å². The Morgan fingerprint density at radius 2 is 2.15 bits per heavy atom. The van der Waals surface area contributed by atoms with E-state index in [9.17, 15) is 4.39 Å². The minimum atomic E-state index is -0.278. The molecule has 3 heteroatoms. The van der Waals surface area contributed by atoms with E-state index in [0.29, 0.717) is 5.56 Å². The van der Waals surface area contributed by atoms with Crippen LogP contribution in [0.5, 0.6) is 0 Å². The Morgan fingerprint density at radius 3 is 2.62 bits per heavy atom. The van der Waals surface area contributed by atoms with Crippen molar-refractivity contribution in [3.05, 3.63) is 47.8 Å². The van der Waals surface area contributed by atoms with Gasteiger partial charge in [-0.15, -0.1) is 19.0 Å². The van der Waals surface area contributed by atoms with Crippen molar-refractivity contribution in [2.45, 2.75) is 13.0 Å². The van der Waals surface area contributed by atoms with E-state index in [4.69, 9.17) is 5.73 Å². The zero-order valence-corrected chi connectivity index (χ0v) is 8.27. The van der Waals surface area contributed by atoms with Crippen molar-refractivity contribution < 1.29 is 4.39 Å². The first-order valence-corrected chi connectivity index (χ1v) is 3.79. The van der Waals surface area contributed by atoms with Crippen LogP contribution in [0.25, 0.3) is 0 Å². The van der Waals surface area contributed by atoms with Gasteiger partial charge in [-0.05, 0) is 24.1 Å². The molecule has 0 radical (unpaired) electrons. The Kier molecular flexibility index (Phi) is 4.67. The van der Waals surface area contributed by atoms with Crippen molar-refractivity contribution in [3.8, 4) is 0 Å². The molecule has 13 heavy (non-hydrogen) atoms. The van der Waals surface area contributed by atoms with Crippen LogP contribution in [0.1, 0.15) is 17.2 Å². The van der Waals surface area contributed by atoms with Crippen LogP contribution in [-0.4, -0.2) is 0 Å². The number of hydrogen-bond donors (Lipinski definition) is 1. The second-order valence-corrected chi connectivity index (χ2v) is 2.77. The van der Waals surface area contributed by atoms with Gasteiger partial charge in [0.05, 0.1) is 0 Å². The van der Waals surface area contributed by atoms with Crippen LogP contribution in [0.2, 0.25) is 0 Å². The van der Waals surface area contributed by atoms with Gasteiger partial charge < -0.3 is 5.73 Å². The van der Waals surface area contributed by atoms with Gasteiger partial charge in [-0.25, -0.2) is 4.39 Å². The van der Waals surface area contributed by atoms with Gasteiger partial charge >= 0.3 is 0 Å². The lowest BCUT2D eigenvalue weighted by molar-refractivity contribution is 0.615. The fourth-order valence-corrected chi connectivity index (χ4v) is 0.953. The molecule has 1 aromatic carbocycles. The van der Waals surface area contributed by atoms with E-state index in [1.165, 1.54) is 6.07 Å². The lowest BCUT2D eigenvalue weighted by Crippen LogP contribution is -2.06. The van der Waals surface area contributed by atoms with E-state index in [-0.39, 0.29) is 24.3 Å². The average molecular weight is 202 g/mol. The van der Waals surface area contributed by atoms with E-state index in [0.717, 1.165) is 5.56 Å². The molecule has 2 N–H and O–H groups in total. The van der Waals surface area contributed by atoms with Crippen LogP contribution in [0.15, 0.2) is 30.9 Å². The van der Waals surface area contributed by atoms with Crippen molar-refractivity contribution >= 4 is 12.4 Å². The Bertz CT molecular complexity index is 299. The van der Waals surface area contributed by atoms with Crippen LogP contribution < -0.4 is 5.73 Å². The highest BCUT2D eigenvalue weighted by Gasteiger charge is 2.03. The number of aryl methyl sites for hydroxylation is 1. The van der Waals surface area contributed by atoms with Gasteiger partial charge in [0, 0.05) is 6.04 Å². The molecular weight excluding hydrogens is 189 g/mol. The fraction of sp³-hybridized carbons (Fsp3) is 0.200. The second kappa shape index (κ2) is 5.00. The van der Waals surface area contributed by atoms with Crippen LogP contribution in [0.4, 0.5) is 4.39 Å². The van der Waals surface area contributed by atoms with Crippen molar-refractivity contribution in [2.24, 2.45) is 5.73 Å². The number of hydrogen-bond acceptors (Lipinski definition) is 1. The SMILES string of the molecule is C=C[C@H](N)c1ccc(C)c(F)c1.Cl. The molecule has 72 valence electrons. The summed E-state index contributed by atoms with van der Waals surface area (Å²) in [5.74, 6) is -0.218. The second-order valence-electron chi connectivity index (χ2n) is 2.77. The molecule has 0 amide bonds. The highest BCUT2D eigenvalue weighted by Crippen LogP contribution is 2.14. The van der Waals surface area contributed by atoms with E-state index < -0.39 is 0 Å². The number of benzene rings is 1. The standard InChI is InChI=1S/C10H12FN.ClH/c1-3-10(12)8-5-4-7(2)9(11)6-8;/h3-6,10H,1,12H2,2H3;1H/t10-;/m0./s1. The molecule has 0 aliphatic heterocycles. The molecule has 0 bridgehead atoms. The Balaban J connectivity index is 0.00000144. The summed E-state index contributed by atoms with van der Waals surface area (Å²) in [5.41, 5.74) is 7.02. The predicted octanol–water partition coefficient (Wildman–Crippen LogP) is 2.74. The molecule has 0 aliphatic rings. The Morgan fingerprint density at radius 1 is 1.54 bits per heavy atom. The molecule has 0 aliphatic carbocycles. The number of nitrogens with two attached hydrogens (primary N) is 1. The maximum Gasteiger partial charge on any atom is 0.126 e. The third-order valence-electron chi connectivity index (χ3n) is 1.83. The monoisotopic (exact) mass is 201 g/mol.